The van der Waals surface area contributed by atoms with Crippen LogP contribution in [0.1, 0.15) is 43.7 Å². The van der Waals surface area contributed by atoms with Crippen LogP contribution in [0.2, 0.25) is 0 Å². The number of nitrogens with zero attached hydrogens (tertiary/aromatic N) is 4. The van der Waals surface area contributed by atoms with Gasteiger partial charge in [0.25, 0.3) is 17.6 Å². The van der Waals surface area contributed by atoms with Gasteiger partial charge in [0, 0.05) is 43.9 Å². The molecule has 2 fully saturated rings. The van der Waals surface area contributed by atoms with E-state index in [1.807, 2.05) is 25.9 Å². The second-order valence-electron chi connectivity index (χ2n) is 11.0. The van der Waals surface area contributed by atoms with Crippen LogP contribution >= 0.6 is 0 Å². The van der Waals surface area contributed by atoms with E-state index in [1.165, 1.54) is 33.5 Å². The SMILES string of the molecule is CCCCN1C(=O)C2(/C(=C(/O)c3ccc(S(=O)(=O)N4CCCC4)cc3)C(=O)C(=O)N2CCN(C)C)c2ccccc21. The van der Waals surface area contributed by atoms with Gasteiger partial charge in [0.05, 0.1) is 16.2 Å². The maximum atomic E-state index is 14.5. The molecule has 1 unspecified atom stereocenters. The highest BCUT2D eigenvalue weighted by atomic mass is 32.2. The molecule has 10 nitrogen and oxygen atoms in total. The third-order valence-electron chi connectivity index (χ3n) is 8.15. The molecule has 41 heavy (non-hydrogen) atoms. The van der Waals surface area contributed by atoms with Gasteiger partial charge in [-0.3, -0.25) is 14.4 Å². The van der Waals surface area contributed by atoms with Crippen molar-refractivity contribution < 1.29 is 27.9 Å². The van der Waals surface area contributed by atoms with Crippen molar-refractivity contribution in [2.45, 2.75) is 43.0 Å². The Hall–Kier alpha value is -3.54. The molecule has 2 saturated heterocycles. The minimum Gasteiger partial charge on any atom is -0.507 e. The zero-order valence-corrected chi connectivity index (χ0v) is 24.5. The lowest BCUT2D eigenvalue weighted by Crippen LogP contribution is -2.53. The molecule has 0 aliphatic carbocycles. The van der Waals surface area contributed by atoms with E-state index < -0.39 is 38.9 Å². The van der Waals surface area contributed by atoms with Crippen molar-refractivity contribution in [3.8, 4) is 0 Å². The number of unbranched alkanes of at least 4 members (excludes halogenated alkanes) is 1. The van der Waals surface area contributed by atoms with E-state index in [4.69, 9.17) is 0 Å². The Morgan fingerprint density at radius 3 is 2.27 bits per heavy atom. The number of Topliss-reactive ketones (excluding diaryl/α,β-unsaturated/α-hetero) is 1. The summed E-state index contributed by atoms with van der Waals surface area (Å²) >= 11 is 0. The van der Waals surface area contributed by atoms with E-state index in [2.05, 4.69) is 0 Å². The van der Waals surface area contributed by atoms with Gasteiger partial charge in [-0.1, -0.05) is 31.5 Å². The van der Waals surface area contributed by atoms with Gasteiger partial charge in [-0.15, -0.1) is 0 Å². The summed E-state index contributed by atoms with van der Waals surface area (Å²) in [7, 11) is -0.0256. The first kappa shape index (κ1) is 29.0. The molecule has 0 saturated carbocycles. The number of aliphatic hydroxyl groups is 1. The van der Waals surface area contributed by atoms with E-state index in [0.29, 0.717) is 43.9 Å². The molecule has 3 aliphatic heterocycles. The fraction of sp³-hybridized carbons (Fsp3) is 0.433. The number of carbonyl (C=O) groups excluding carboxylic acids is 3. The van der Waals surface area contributed by atoms with Crippen LogP contribution in [0.3, 0.4) is 0 Å². The number of hydrogen-bond acceptors (Lipinski definition) is 7. The lowest BCUT2D eigenvalue weighted by Gasteiger charge is -2.35. The van der Waals surface area contributed by atoms with Crippen molar-refractivity contribution in [3.05, 3.63) is 65.2 Å². The van der Waals surface area contributed by atoms with Crippen LogP contribution in [-0.2, 0) is 29.9 Å². The van der Waals surface area contributed by atoms with Gasteiger partial charge < -0.3 is 19.8 Å². The Morgan fingerprint density at radius 1 is 0.976 bits per heavy atom. The Kier molecular flexibility index (Phi) is 7.80. The Balaban J connectivity index is 1.68. The van der Waals surface area contributed by atoms with Crippen molar-refractivity contribution in [1.29, 1.82) is 0 Å². The van der Waals surface area contributed by atoms with E-state index >= 15 is 0 Å². The average Bonchev–Trinajstić information content (AvgIpc) is 3.64. The van der Waals surface area contributed by atoms with Crippen molar-refractivity contribution in [1.82, 2.24) is 14.1 Å². The van der Waals surface area contributed by atoms with Crippen molar-refractivity contribution in [2.75, 3.05) is 51.7 Å². The predicted octanol–water partition coefficient (Wildman–Crippen LogP) is 2.76. The molecular weight excluding hydrogens is 544 g/mol. The monoisotopic (exact) mass is 580 g/mol. The van der Waals surface area contributed by atoms with Gasteiger partial charge >= 0.3 is 0 Å². The summed E-state index contributed by atoms with van der Waals surface area (Å²) in [6.07, 6.45) is 3.16. The van der Waals surface area contributed by atoms with E-state index in [1.54, 1.807) is 29.2 Å². The molecule has 1 spiro atoms. The number of aliphatic hydroxyl groups excluding tert-OH is 1. The summed E-state index contributed by atoms with van der Waals surface area (Å²) in [6, 6.07) is 12.7. The molecule has 2 aromatic carbocycles. The molecule has 0 bridgehead atoms. The number of benzene rings is 2. The maximum Gasteiger partial charge on any atom is 0.296 e. The molecule has 1 N–H and O–H groups in total. The van der Waals surface area contributed by atoms with Gasteiger partial charge in [0.1, 0.15) is 5.76 Å². The van der Waals surface area contributed by atoms with E-state index in [-0.39, 0.29) is 22.6 Å². The zero-order valence-electron chi connectivity index (χ0n) is 23.7. The third-order valence-corrected chi connectivity index (χ3v) is 10.1. The van der Waals surface area contributed by atoms with Gasteiger partial charge in [-0.25, -0.2) is 8.42 Å². The molecule has 2 aromatic rings. The average molecular weight is 581 g/mol. The summed E-state index contributed by atoms with van der Waals surface area (Å²) < 4.78 is 27.5. The van der Waals surface area contributed by atoms with Crippen molar-refractivity contribution in [2.24, 2.45) is 0 Å². The highest BCUT2D eigenvalue weighted by molar-refractivity contribution is 7.89. The second-order valence-corrected chi connectivity index (χ2v) is 12.9. The third kappa shape index (κ3) is 4.56. The largest absolute Gasteiger partial charge is 0.507 e. The first-order valence-corrected chi connectivity index (χ1v) is 15.5. The molecular formula is C30H36N4O6S. The molecule has 218 valence electrons. The highest BCUT2D eigenvalue weighted by Gasteiger charge is 2.66. The van der Waals surface area contributed by atoms with E-state index in [0.717, 1.165) is 19.3 Å². The van der Waals surface area contributed by atoms with Crippen molar-refractivity contribution in [3.63, 3.8) is 0 Å². The number of hydrogen-bond donors (Lipinski definition) is 1. The van der Waals surface area contributed by atoms with Crippen LogP contribution in [0.4, 0.5) is 5.69 Å². The van der Waals surface area contributed by atoms with Crippen LogP contribution in [0.25, 0.3) is 5.76 Å². The van der Waals surface area contributed by atoms with Gasteiger partial charge in [0.2, 0.25) is 10.0 Å². The zero-order chi connectivity index (χ0) is 29.5. The number of likely N-dealkylation sites (tertiary alicyclic amines) is 1. The molecule has 2 amide bonds. The topological polar surface area (TPSA) is 119 Å². The first-order chi connectivity index (χ1) is 19.6. The number of sulfonamides is 1. The predicted molar refractivity (Wildman–Crippen MR) is 155 cm³/mol. The summed E-state index contributed by atoms with van der Waals surface area (Å²) in [4.78, 5) is 46.6. The minimum absolute atomic E-state index is 0.0742. The number of carbonyl (C=O) groups is 3. The van der Waals surface area contributed by atoms with Gasteiger partial charge in [-0.2, -0.15) is 4.31 Å². The molecule has 11 heteroatoms. The Morgan fingerprint density at radius 2 is 1.63 bits per heavy atom. The maximum absolute atomic E-state index is 14.5. The summed E-state index contributed by atoms with van der Waals surface area (Å²) in [5.41, 5.74) is -0.922. The number of likely N-dealkylation sites (N-methyl/N-ethyl adjacent to an activating group) is 1. The molecule has 1 atom stereocenters. The Labute approximate surface area is 240 Å². The number of ketones is 1. The minimum atomic E-state index is -3.69. The fourth-order valence-corrected chi connectivity index (χ4v) is 7.53. The summed E-state index contributed by atoms with van der Waals surface area (Å²) in [6.45, 7) is 3.80. The number of amides is 2. The second kappa shape index (κ2) is 11.0. The lowest BCUT2D eigenvalue weighted by molar-refractivity contribution is -0.143. The molecule has 3 aliphatic rings. The van der Waals surface area contributed by atoms with Crippen LogP contribution < -0.4 is 4.90 Å². The number of para-hydroxylation sites is 1. The van der Waals surface area contributed by atoms with Gasteiger partial charge in [-0.05, 0) is 63.7 Å². The van der Waals surface area contributed by atoms with Crippen LogP contribution in [0.5, 0.6) is 0 Å². The fourth-order valence-electron chi connectivity index (χ4n) is 6.01. The van der Waals surface area contributed by atoms with Gasteiger partial charge in [0.15, 0.2) is 5.54 Å². The van der Waals surface area contributed by atoms with Crippen LogP contribution in [-0.4, -0.2) is 92.0 Å². The summed E-state index contributed by atoms with van der Waals surface area (Å²) in [5, 5.41) is 11.7. The Bertz CT molecular complexity index is 1510. The molecule has 0 radical (unpaired) electrons. The smallest absolute Gasteiger partial charge is 0.296 e. The number of anilines is 1. The molecule has 0 aromatic heterocycles. The quantitative estimate of drug-likeness (QED) is 0.275. The van der Waals surface area contributed by atoms with Crippen LogP contribution in [0, 0.1) is 0 Å². The number of rotatable bonds is 9. The van der Waals surface area contributed by atoms with Crippen molar-refractivity contribution >= 4 is 39.1 Å². The highest BCUT2D eigenvalue weighted by Crippen LogP contribution is 2.53. The van der Waals surface area contributed by atoms with E-state index in [9.17, 15) is 27.9 Å². The molecule has 5 rings (SSSR count). The normalized spacial score (nSPS) is 22.5. The summed E-state index contributed by atoms with van der Waals surface area (Å²) in [5.74, 6) is -2.78. The molecule has 3 heterocycles. The number of fused-ring (bicyclic) bond motifs is 2. The first-order valence-electron chi connectivity index (χ1n) is 14.0. The lowest BCUT2D eigenvalue weighted by atomic mass is 9.82. The standard InChI is InChI=1S/C30H36N4O6S/c1-4-5-18-33-24-11-7-6-10-23(24)30(29(33)38)25(27(36)28(37)34(30)20-19-31(2)3)26(35)21-12-14-22(15-13-21)41(39,40)32-16-8-9-17-32/h6-7,10-15,35H,4-5,8-9,16-20H2,1-3H3/b26-25+. The van der Waals surface area contributed by atoms with Crippen LogP contribution in [0.15, 0.2) is 59.0 Å².